The molecule has 0 aromatic heterocycles. The second kappa shape index (κ2) is 13.6. The fraction of sp³-hybridized carbons (Fsp3) is 0.228. The molecule has 0 saturated carbocycles. The minimum Gasteiger partial charge on any atom is -0.492 e. The zero-order valence-corrected chi connectivity index (χ0v) is 35.0. The highest BCUT2D eigenvalue weighted by atomic mass is 16.5. The Bertz CT molecular complexity index is 3100. The lowest BCUT2D eigenvalue weighted by Gasteiger charge is -2.26. The maximum Gasteiger partial charge on any atom is 0.136 e. The van der Waals surface area contributed by atoms with Crippen molar-refractivity contribution in [2.75, 3.05) is 6.61 Å². The van der Waals surface area contributed by atoms with E-state index in [0.717, 1.165) is 25.0 Å². The average Bonchev–Trinajstić information content (AvgIpc) is 3.22. The van der Waals surface area contributed by atoms with E-state index in [0.29, 0.717) is 6.61 Å². The first-order valence-electron chi connectivity index (χ1n) is 21.3. The normalized spacial score (nSPS) is 12.7. The Balaban J connectivity index is 1.41. The van der Waals surface area contributed by atoms with Gasteiger partial charge in [-0.05, 0) is 121 Å². The second-order valence-corrected chi connectivity index (χ2v) is 18.6. The van der Waals surface area contributed by atoms with Gasteiger partial charge in [0.25, 0.3) is 0 Å². The lowest BCUT2D eigenvalue weighted by Crippen LogP contribution is -2.11. The molecule has 0 radical (unpaired) electrons. The van der Waals surface area contributed by atoms with Crippen LogP contribution in [-0.4, -0.2) is 6.61 Å². The van der Waals surface area contributed by atoms with Crippen LogP contribution in [0.5, 0.6) is 5.75 Å². The van der Waals surface area contributed by atoms with Gasteiger partial charge in [-0.15, -0.1) is 0 Å². The van der Waals surface area contributed by atoms with Gasteiger partial charge in [-0.3, -0.25) is 0 Å². The predicted molar refractivity (Wildman–Crippen MR) is 253 cm³/mol. The summed E-state index contributed by atoms with van der Waals surface area (Å²) in [5, 5.41) is 15.5. The van der Waals surface area contributed by atoms with Crippen molar-refractivity contribution >= 4 is 64.6 Å². The minimum absolute atomic E-state index is 0.0352. The van der Waals surface area contributed by atoms with Crippen LogP contribution in [0.25, 0.3) is 98.0 Å². The SMILES string of the molecule is CCCCCOc1c(-c2ccccc2)c2ccc3cc(C(C)(C)C)cc4ccc(c1-c1cc(-c5ccccc5)c5ccc6cc(C(C)(C)C)cc7ccc1c5c67)c2c34. The van der Waals surface area contributed by atoms with Gasteiger partial charge < -0.3 is 4.74 Å². The van der Waals surface area contributed by atoms with Crippen LogP contribution >= 0.6 is 0 Å². The molecule has 10 aromatic carbocycles. The molecule has 0 spiro atoms. The molecule has 10 aromatic rings. The quantitative estimate of drug-likeness (QED) is 0.111. The molecule has 0 N–H and O–H groups in total. The van der Waals surface area contributed by atoms with Gasteiger partial charge in [0, 0.05) is 11.1 Å². The summed E-state index contributed by atoms with van der Waals surface area (Å²) in [7, 11) is 0. The third-order valence-corrected chi connectivity index (χ3v) is 12.7. The van der Waals surface area contributed by atoms with Gasteiger partial charge in [-0.2, -0.15) is 0 Å². The van der Waals surface area contributed by atoms with Gasteiger partial charge in [-0.1, -0.05) is 195 Å². The van der Waals surface area contributed by atoms with Crippen molar-refractivity contribution in [1.82, 2.24) is 0 Å². The molecule has 0 heterocycles. The predicted octanol–water partition coefficient (Wildman–Crippen LogP) is 16.6. The maximum atomic E-state index is 7.28. The number of unbranched alkanes of at least 4 members (excludes halogenated alkanes) is 2. The van der Waals surface area contributed by atoms with E-state index in [9.17, 15) is 0 Å². The molecule has 58 heavy (non-hydrogen) atoms. The van der Waals surface area contributed by atoms with Crippen LogP contribution in [0.4, 0.5) is 0 Å². The van der Waals surface area contributed by atoms with E-state index >= 15 is 0 Å². The Hall–Kier alpha value is -5.92. The Kier molecular flexibility index (Phi) is 8.54. The number of rotatable bonds is 8. The van der Waals surface area contributed by atoms with Crippen LogP contribution in [0.1, 0.15) is 78.9 Å². The van der Waals surface area contributed by atoms with E-state index in [-0.39, 0.29) is 10.8 Å². The van der Waals surface area contributed by atoms with E-state index in [1.165, 1.54) is 109 Å². The van der Waals surface area contributed by atoms with Crippen LogP contribution in [0.15, 0.2) is 140 Å². The Morgan fingerprint density at radius 3 is 1.36 bits per heavy atom. The second-order valence-electron chi connectivity index (χ2n) is 18.6. The third-order valence-electron chi connectivity index (χ3n) is 12.7. The van der Waals surface area contributed by atoms with Crippen molar-refractivity contribution in [3.63, 3.8) is 0 Å². The van der Waals surface area contributed by atoms with Crippen molar-refractivity contribution in [3.05, 3.63) is 151 Å². The fourth-order valence-electron chi connectivity index (χ4n) is 9.63. The molecule has 0 atom stereocenters. The van der Waals surface area contributed by atoms with Gasteiger partial charge in [0.15, 0.2) is 0 Å². The van der Waals surface area contributed by atoms with Gasteiger partial charge in [0.05, 0.1) is 6.61 Å². The summed E-state index contributed by atoms with van der Waals surface area (Å²) in [6.45, 7) is 16.8. The van der Waals surface area contributed by atoms with Crippen LogP contribution in [0.2, 0.25) is 0 Å². The van der Waals surface area contributed by atoms with E-state index < -0.39 is 0 Å². The summed E-state index contributed by atoms with van der Waals surface area (Å²) >= 11 is 0. The zero-order valence-electron chi connectivity index (χ0n) is 35.0. The van der Waals surface area contributed by atoms with Gasteiger partial charge in [-0.25, -0.2) is 0 Å². The molecule has 286 valence electrons. The van der Waals surface area contributed by atoms with E-state index in [1.807, 2.05) is 0 Å². The van der Waals surface area contributed by atoms with Crippen molar-refractivity contribution in [3.8, 4) is 39.1 Å². The summed E-state index contributed by atoms with van der Waals surface area (Å²) in [5.41, 5.74) is 10.0. The molecule has 0 amide bonds. The van der Waals surface area contributed by atoms with Crippen LogP contribution < -0.4 is 4.74 Å². The molecule has 10 rings (SSSR count). The van der Waals surface area contributed by atoms with Gasteiger partial charge >= 0.3 is 0 Å². The van der Waals surface area contributed by atoms with Crippen LogP contribution in [-0.2, 0) is 10.8 Å². The zero-order chi connectivity index (χ0) is 39.9. The molecule has 0 saturated heterocycles. The largest absolute Gasteiger partial charge is 0.492 e. The molecule has 0 aliphatic carbocycles. The molecular weight excluding hydrogens is 701 g/mol. The standard InChI is InChI=1S/C57H52O/c1-8-9-16-29-58-55-51(36-19-14-11-15-20-36)45-27-23-39-32-42(57(5,6)7)33-40-24-28-46(53(45)50(39)40)54(55)48-34-47(35-17-12-10-13-18-35)43-25-21-37-30-41(56(2,3)4)31-38-22-26-44(48)52(43)49(37)38/h10-15,17-28,30-34H,8-9,16,29H2,1-7H3. The highest BCUT2D eigenvalue weighted by Crippen LogP contribution is 2.54. The van der Waals surface area contributed by atoms with Gasteiger partial charge in [0.2, 0.25) is 0 Å². The smallest absolute Gasteiger partial charge is 0.136 e. The molecule has 1 heteroatoms. The minimum atomic E-state index is 0.0352. The van der Waals surface area contributed by atoms with Crippen LogP contribution in [0, 0.1) is 0 Å². The summed E-state index contributed by atoms with van der Waals surface area (Å²) in [4.78, 5) is 0. The third kappa shape index (κ3) is 5.81. The summed E-state index contributed by atoms with van der Waals surface area (Å²) in [5.74, 6) is 0.979. The topological polar surface area (TPSA) is 9.23 Å². The molecule has 1 nitrogen and oxygen atoms in total. The Morgan fingerprint density at radius 1 is 0.414 bits per heavy atom. The monoisotopic (exact) mass is 752 g/mol. The average molecular weight is 753 g/mol. The van der Waals surface area contributed by atoms with Crippen molar-refractivity contribution < 1.29 is 4.74 Å². The van der Waals surface area contributed by atoms with Crippen molar-refractivity contribution in [1.29, 1.82) is 0 Å². The Morgan fingerprint density at radius 2 is 0.862 bits per heavy atom. The molecular formula is C57H52O. The fourth-order valence-corrected chi connectivity index (χ4v) is 9.63. The first-order valence-corrected chi connectivity index (χ1v) is 21.3. The first-order chi connectivity index (χ1) is 28.0. The summed E-state index contributed by atoms with van der Waals surface area (Å²) in [6, 6.07) is 53.1. The van der Waals surface area contributed by atoms with E-state index in [4.69, 9.17) is 4.74 Å². The lowest BCUT2D eigenvalue weighted by molar-refractivity contribution is 0.309. The number of hydrogen-bond donors (Lipinski definition) is 0. The van der Waals surface area contributed by atoms with Crippen molar-refractivity contribution in [2.24, 2.45) is 0 Å². The number of hydrogen-bond acceptors (Lipinski definition) is 1. The first kappa shape index (κ1) is 36.4. The van der Waals surface area contributed by atoms with Gasteiger partial charge in [0.1, 0.15) is 5.75 Å². The lowest BCUT2D eigenvalue weighted by atomic mass is 9.79. The number of benzene rings is 10. The summed E-state index contributed by atoms with van der Waals surface area (Å²) < 4.78 is 7.28. The Labute approximate surface area is 343 Å². The molecule has 0 aliphatic rings. The number of ether oxygens (including phenoxy) is 1. The molecule has 0 bridgehead atoms. The summed E-state index contributed by atoms with van der Waals surface area (Å²) in [6.07, 6.45) is 3.29. The highest BCUT2D eigenvalue weighted by Gasteiger charge is 2.28. The van der Waals surface area contributed by atoms with Crippen molar-refractivity contribution in [2.45, 2.75) is 78.6 Å². The van der Waals surface area contributed by atoms with E-state index in [2.05, 4.69) is 188 Å². The molecule has 0 aliphatic heterocycles. The van der Waals surface area contributed by atoms with E-state index in [1.54, 1.807) is 0 Å². The molecule has 0 fully saturated rings. The highest BCUT2D eigenvalue weighted by molar-refractivity contribution is 6.33. The molecule has 0 unspecified atom stereocenters. The maximum absolute atomic E-state index is 7.28. The van der Waals surface area contributed by atoms with Crippen LogP contribution in [0.3, 0.4) is 0 Å².